The molecular weight excluding hydrogens is 200 g/mol. The van der Waals surface area contributed by atoms with E-state index in [1.54, 1.807) is 11.8 Å². The third kappa shape index (κ3) is 2.27. The fourth-order valence-corrected chi connectivity index (χ4v) is 1.63. The second-order valence-electron chi connectivity index (χ2n) is 2.06. The van der Waals surface area contributed by atoms with Gasteiger partial charge in [0.2, 0.25) is 0 Å². The molecule has 0 bridgehead atoms. The summed E-state index contributed by atoms with van der Waals surface area (Å²) in [5.74, 6) is 0. The summed E-state index contributed by atoms with van der Waals surface area (Å²) >= 11 is 1.64. The second-order valence-corrected chi connectivity index (χ2v) is 3.47. The smallest absolute Gasteiger partial charge is 0.0797 e. The normalized spacial score (nSPS) is 28.2. The van der Waals surface area contributed by atoms with Crippen LogP contribution in [-0.4, -0.2) is 28.9 Å². The summed E-state index contributed by atoms with van der Waals surface area (Å²) in [7, 11) is 2.04. The Balaban J connectivity index is 0.000000640. The largest absolute Gasteiger partial charge is 0.297 e. The molecule has 4 heteroatoms. The van der Waals surface area contributed by atoms with Crippen LogP contribution in [0.4, 0.5) is 0 Å². The molecule has 1 unspecified atom stereocenters. The van der Waals surface area contributed by atoms with Gasteiger partial charge >= 0.3 is 0 Å². The van der Waals surface area contributed by atoms with Crippen molar-refractivity contribution in [2.75, 3.05) is 13.6 Å². The Labute approximate surface area is 70.3 Å². The van der Waals surface area contributed by atoms with E-state index in [0.717, 1.165) is 11.6 Å². The summed E-state index contributed by atoms with van der Waals surface area (Å²) < 4.78 is 0. The highest BCUT2D eigenvalue weighted by Gasteiger charge is 2.20. The first-order valence-electron chi connectivity index (χ1n) is 2.64. The van der Waals surface area contributed by atoms with E-state index in [4.69, 9.17) is 5.41 Å². The maximum absolute atomic E-state index is 7.23. The van der Waals surface area contributed by atoms with Gasteiger partial charge in [0.1, 0.15) is 0 Å². The highest BCUT2D eigenvalue weighted by atomic mass is 79.9. The zero-order valence-electron chi connectivity index (χ0n) is 5.55. The molecule has 0 amide bonds. The molecule has 0 aliphatic carbocycles. The van der Waals surface area contributed by atoms with Crippen LogP contribution >= 0.6 is 28.7 Å². The first-order chi connectivity index (χ1) is 3.70. The monoisotopic (exact) mass is 210 g/mol. The number of nitrogens with zero attached hydrogens (tertiary/aromatic N) is 1. The lowest BCUT2D eigenvalue weighted by Gasteiger charge is -2.09. The zero-order valence-corrected chi connectivity index (χ0v) is 8.08. The van der Waals surface area contributed by atoms with Crippen LogP contribution < -0.4 is 0 Å². The fraction of sp³-hybridized carbons (Fsp3) is 0.800. The molecule has 1 rings (SSSR count). The van der Waals surface area contributed by atoms with Gasteiger partial charge in [0.25, 0.3) is 0 Å². The van der Waals surface area contributed by atoms with E-state index in [1.165, 1.54) is 0 Å². The van der Waals surface area contributed by atoms with Crippen LogP contribution in [0.2, 0.25) is 0 Å². The molecule has 1 heterocycles. The molecule has 0 aromatic carbocycles. The minimum Gasteiger partial charge on any atom is -0.297 e. The fourth-order valence-electron chi connectivity index (χ4n) is 0.688. The van der Waals surface area contributed by atoms with Crippen LogP contribution in [-0.2, 0) is 0 Å². The minimum absolute atomic E-state index is 0. The van der Waals surface area contributed by atoms with Gasteiger partial charge in [-0.25, -0.2) is 0 Å². The molecule has 1 fully saturated rings. The minimum atomic E-state index is 0. The molecule has 0 aromatic rings. The van der Waals surface area contributed by atoms with E-state index in [-0.39, 0.29) is 17.0 Å². The van der Waals surface area contributed by atoms with Gasteiger partial charge in [-0.3, -0.25) is 10.3 Å². The topological polar surface area (TPSA) is 27.1 Å². The van der Waals surface area contributed by atoms with Crippen molar-refractivity contribution in [1.29, 1.82) is 5.41 Å². The van der Waals surface area contributed by atoms with Crippen molar-refractivity contribution in [3.63, 3.8) is 0 Å². The molecule has 1 saturated heterocycles. The molecule has 0 saturated carbocycles. The van der Waals surface area contributed by atoms with Crippen LogP contribution in [0, 0.1) is 5.41 Å². The number of rotatable bonds is 0. The Morgan fingerprint density at radius 3 is 2.44 bits per heavy atom. The Hall–Kier alpha value is 0.460. The Morgan fingerprint density at radius 2 is 2.33 bits per heavy atom. The molecule has 1 N–H and O–H groups in total. The van der Waals surface area contributed by atoms with Gasteiger partial charge in [-0.05, 0) is 14.0 Å². The molecule has 0 aromatic heterocycles. The molecule has 1 aliphatic rings. The Kier molecular flexibility index (Phi) is 3.77. The molecule has 0 spiro atoms. The van der Waals surface area contributed by atoms with E-state index in [1.807, 2.05) is 7.05 Å². The van der Waals surface area contributed by atoms with Crippen LogP contribution in [0.5, 0.6) is 0 Å². The highest BCUT2D eigenvalue weighted by Crippen LogP contribution is 2.22. The quantitative estimate of drug-likeness (QED) is 0.658. The number of hydrogen-bond acceptors (Lipinski definition) is 3. The second kappa shape index (κ2) is 3.58. The molecule has 9 heavy (non-hydrogen) atoms. The standard InChI is InChI=1S/C5H10N2S.BrH/c1-4-7(2)3-5(6)8-4;/h4,6H,3H2,1-2H3;1H. The van der Waals surface area contributed by atoms with Crippen LogP contribution in [0.1, 0.15) is 6.92 Å². The van der Waals surface area contributed by atoms with Gasteiger partial charge in [0.05, 0.1) is 10.4 Å². The van der Waals surface area contributed by atoms with Gasteiger partial charge in [0.15, 0.2) is 0 Å². The number of nitrogens with one attached hydrogen (secondary N) is 1. The molecule has 1 atom stereocenters. The van der Waals surface area contributed by atoms with E-state index >= 15 is 0 Å². The lowest BCUT2D eigenvalue weighted by molar-refractivity contribution is 0.387. The van der Waals surface area contributed by atoms with Gasteiger partial charge in [0, 0.05) is 6.54 Å². The SMILES string of the molecule is Br.CC1SC(=N)CN1C. The number of thioether (sulfide) groups is 1. The summed E-state index contributed by atoms with van der Waals surface area (Å²) in [6, 6.07) is 0. The Bertz CT molecular complexity index is 106. The van der Waals surface area contributed by atoms with Crippen molar-refractivity contribution in [1.82, 2.24) is 4.90 Å². The average Bonchev–Trinajstić information content (AvgIpc) is 1.85. The van der Waals surface area contributed by atoms with E-state index in [0.29, 0.717) is 5.37 Å². The molecule has 54 valence electrons. The average molecular weight is 211 g/mol. The van der Waals surface area contributed by atoms with E-state index in [2.05, 4.69) is 11.8 Å². The first-order valence-corrected chi connectivity index (χ1v) is 3.52. The number of hydrogen-bond donors (Lipinski definition) is 1. The summed E-state index contributed by atoms with van der Waals surface area (Å²) in [5, 5.41) is 8.54. The number of halogens is 1. The van der Waals surface area contributed by atoms with Crippen LogP contribution in [0.3, 0.4) is 0 Å². The molecular formula is C5H11BrN2S. The summed E-state index contributed by atoms with van der Waals surface area (Å²) in [4.78, 5) is 2.16. The first kappa shape index (κ1) is 9.46. The van der Waals surface area contributed by atoms with Gasteiger partial charge in [-0.2, -0.15) is 0 Å². The maximum Gasteiger partial charge on any atom is 0.0797 e. The Morgan fingerprint density at radius 1 is 1.78 bits per heavy atom. The van der Waals surface area contributed by atoms with Crippen molar-refractivity contribution in [2.24, 2.45) is 0 Å². The third-order valence-corrected chi connectivity index (χ3v) is 2.44. The predicted molar refractivity (Wildman–Crippen MR) is 47.7 cm³/mol. The predicted octanol–water partition coefficient (Wildman–Crippen LogP) is 1.57. The summed E-state index contributed by atoms with van der Waals surface area (Å²) in [6.07, 6.45) is 0. The lowest BCUT2D eigenvalue weighted by Crippen LogP contribution is -2.20. The van der Waals surface area contributed by atoms with Crippen molar-refractivity contribution in [2.45, 2.75) is 12.3 Å². The van der Waals surface area contributed by atoms with Crippen molar-refractivity contribution >= 4 is 33.8 Å². The van der Waals surface area contributed by atoms with Gasteiger partial charge in [-0.15, -0.1) is 17.0 Å². The zero-order chi connectivity index (χ0) is 6.15. The highest BCUT2D eigenvalue weighted by molar-refractivity contribution is 8.93. The molecule has 2 nitrogen and oxygen atoms in total. The molecule has 0 radical (unpaired) electrons. The third-order valence-electron chi connectivity index (χ3n) is 1.33. The molecule has 1 aliphatic heterocycles. The van der Waals surface area contributed by atoms with Crippen LogP contribution in [0.15, 0.2) is 0 Å². The maximum atomic E-state index is 7.23. The van der Waals surface area contributed by atoms with Gasteiger partial charge in [-0.1, -0.05) is 11.8 Å². The van der Waals surface area contributed by atoms with Gasteiger partial charge < -0.3 is 0 Å². The summed E-state index contributed by atoms with van der Waals surface area (Å²) in [5.41, 5.74) is 0. The van der Waals surface area contributed by atoms with E-state index < -0.39 is 0 Å². The summed E-state index contributed by atoms with van der Waals surface area (Å²) in [6.45, 7) is 2.96. The van der Waals surface area contributed by atoms with Crippen molar-refractivity contribution < 1.29 is 0 Å². The van der Waals surface area contributed by atoms with Crippen molar-refractivity contribution in [3.05, 3.63) is 0 Å². The lowest BCUT2D eigenvalue weighted by atomic mass is 10.6. The van der Waals surface area contributed by atoms with E-state index in [9.17, 15) is 0 Å². The van der Waals surface area contributed by atoms with Crippen molar-refractivity contribution in [3.8, 4) is 0 Å². The van der Waals surface area contributed by atoms with Crippen LogP contribution in [0.25, 0.3) is 0 Å².